The van der Waals surface area contributed by atoms with E-state index in [9.17, 15) is 0 Å². The van der Waals surface area contributed by atoms with E-state index in [0.29, 0.717) is 6.04 Å². The summed E-state index contributed by atoms with van der Waals surface area (Å²) in [5.41, 5.74) is 4.32. The molecule has 0 saturated heterocycles. The first-order valence-electron chi connectivity index (χ1n) is 6.35. The summed E-state index contributed by atoms with van der Waals surface area (Å²) in [6.07, 6.45) is 5.08. The van der Waals surface area contributed by atoms with Crippen LogP contribution in [-0.2, 0) is 4.84 Å². The van der Waals surface area contributed by atoms with E-state index >= 15 is 0 Å². The van der Waals surface area contributed by atoms with E-state index in [1.165, 1.54) is 5.56 Å². The lowest BCUT2D eigenvalue weighted by Crippen LogP contribution is -2.27. The first-order chi connectivity index (χ1) is 8.27. The van der Waals surface area contributed by atoms with Crippen LogP contribution in [0.3, 0.4) is 0 Å². The molecule has 1 rings (SSSR count). The fraction of sp³-hybridized carbons (Fsp3) is 0.467. The van der Waals surface area contributed by atoms with Crippen molar-refractivity contribution in [3.63, 3.8) is 0 Å². The zero-order valence-electron chi connectivity index (χ0n) is 10.9. The van der Waals surface area contributed by atoms with Crippen molar-refractivity contribution in [3.8, 4) is 0 Å². The van der Waals surface area contributed by atoms with Gasteiger partial charge in [0.05, 0.1) is 0 Å². The Bertz CT molecular complexity index is 310. The summed E-state index contributed by atoms with van der Waals surface area (Å²) in [4.78, 5) is 5.79. The summed E-state index contributed by atoms with van der Waals surface area (Å²) in [7, 11) is 0. The van der Waals surface area contributed by atoms with Gasteiger partial charge in [-0.15, -0.1) is 6.58 Å². The van der Waals surface area contributed by atoms with Gasteiger partial charge in [-0.2, -0.15) is 5.48 Å². The maximum absolute atomic E-state index is 5.79. The monoisotopic (exact) mass is 233 g/mol. The average molecular weight is 233 g/mol. The van der Waals surface area contributed by atoms with Crippen LogP contribution in [0.2, 0.25) is 0 Å². The molecule has 2 atom stereocenters. The number of hydrogen-bond acceptors (Lipinski definition) is 2. The minimum absolute atomic E-state index is 0.133. The highest BCUT2D eigenvalue weighted by Crippen LogP contribution is 2.21. The van der Waals surface area contributed by atoms with E-state index < -0.39 is 0 Å². The van der Waals surface area contributed by atoms with Gasteiger partial charge in [0.15, 0.2) is 0 Å². The first-order valence-corrected chi connectivity index (χ1v) is 6.35. The van der Waals surface area contributed by atoms with Crippen LogP contribution in [0.25, 0.3) is 0 Å². The van der Waals surface area contributed by atoms with Crippen LogP contribution in [0.1, 0.15) is 44.8 Å². The molecule has 0 saturated carbocycles. The summed E-state index contributed by atoms with van der Waals surface area (Å²) in [6.45, 7) is 7.99. The molecule has 1 aromatic rings. The zero-order valence-corrected chi connectivity index (χ0v) is 10.9. The molecular formula is C15H23NO. The third-order valence-corrected chi connectivity index (χ3v) is 2.65. The van der Waals surface area contributed by atoms with E-state index in [0.717, 1.165) is 19.3 Å². The molecule has 0 spiro atoms. The quantitative estimate of drug-likeness (QED) is 0.541. The highest BCUT2D eigenvalue weighted by molar-refractivity contribution is 5.17. The largest absolute Gasteiger partial charge is 0.293 e. The van der Waals surface area contributed by atoms with E-state index in [2.05, 4.69) is 50.2 Å². The van der Waals surface area contributed by atoms with Gasteiger partial charge in [-0.1, -0.05) is 49.8 Å². The fourth-order valence-electron chi connectivity index (χ4n) is 1.72. The van der Waals surface area contributed by atoms with Gasteiger partial charge in [-0.25, -0.2) is 0 Å². The Morgan fingerprint density at radius 3 is 2.65 bits per heavy atom. The summed E-state index contributed by atoms with van der Waals surface area (Å²) in [5, 5.41) is 0. The molecule has 2 unspecified atom stereocenters. The number of hydroxylamine groups is 1. The third-order valence-electron chi connectivity index (χ3n) is 2.65. The Kier molecular flexibility index (Phi) is 6.60. The maximum Gasteiger partial charge on any atom is 0.104 e. The van der Waals surface area contributed by atoms with E-state index in [-0.39, 0.29) is 6.10 Å². The smallest absolute Gasteiger partial charge is 0.104 e. The van der Waals surface area contributed by atoms with Crippen molar-refractivity contribution in [2.24, 2.45) is 0 Å². The predicted molar refractivity (Wildman–Crippen MR) is 72.6 cm³/mol. The molecule has 0 aliphatic heterocycles. The standard InChI is InChI=1S/C15H23NO/c1-4-9-13(3)16-17-15(10-5-2)14-11-7-6-8-12-14/h4,6-8,11-13,15-16H,1,5,9-10H2,2-3H3. The molecule has 0 radical (unpaired) electrons. The highest BCUT2D eigenvalue weighted by Gasteiger charge is 2.12. The molecule has 1 N–H and O–H groups in total. The molecule has 0 aliphatic carbocycles. The number of benzene rings is 1. The molecule has 0 aliphatic rings. The van der Waals surface area contributed by atoms with Crippen molar-refractivity contribution in [1.82, 2.24) is 5.48 Å². The van der Waals surface area contributed by atoms with Crippen LogP contribution >= 0.6 is 0 Å². The van der Waals surface area contributed by atoms with Crippen LogP contribution in [0.4, 0.5) is 0 Å². The molecule has 0 fully saturated rings. The Morgan fingerprint density at radius 1 is 1.35 bits per heavy atom. The lowest BCUT2D eigenvalue weighted by Gasteiger charge is -2.20. The Hall–Kier alpha value is -1.12. The maximum atomic E-state index is 5.79. The van der Waals surface area contributed by atoms with E-state index in [4.69, 9.17) is 4.84 Å². The Labute approximate surface area is 105 Å². The lowest BCUT2D eigenvalue weighted by atomic mass is 10.1. The molecular weight excluding hydrogens is 210 g/mol. The normalized spacial score (nSPS) is 14.2. The topological polar surface area (TPSA) is 21.3 Å². The van der Waals surface area contributed by atoms with Crippen molar-refractivity contribution in [2.75, 3.05) is 0 Å². The van der Waals surface area contributed by atoms with Gasteiger partial charge in [-0.3, -0.25) is 4.84 Å². The molecule has 94 valence electrons. The summed E-state index contributed by atoms with van der Waals surface area (Å²) >= 11 is 0. The van der Waals surface area contributed by atoms with Gasteiger partial charge in [-0.05, 0) is 25.3 Å². The second-order valence-corrected chi connectivity index (χ2v) is 4.35. The molecule has 2 nitrogen and oxygen atoms in total. The Balaban J connectivity index is 2.52. The van der Waals surface area contributed by atoms with Crippen LogP contribution in [-0.4, -0.2) is 6.04 Å². The third kappa shape index (κ3) is 5.16. The van der Waals surface area contributed by atoms with E-state index in [1.54, 1.807) is 0 Å². The molecule has 0 bridgehead atoms. The van der Waals surface area contributed by atoms with Gasteiger partial charge in [0.1, 0.15) is 6.10 Å². The van der Waals surface area contributed by atoms with Gasteiger partial charge in [0, 0.05) is 6.04 Å². The highest BCUT2D eigenvalue weighted by atomic mass is 16.7. The van der Waals surface area contributed by atoms with E-state index in [1.807, 2.05) is 12.1 Å². The van der Waals surface area contributed by atoms with Crippen molar-refractivity contribution in [3.05, 3.63) is 48.6 Å². The van der Waals surface area contributed by atoms with Crippen molar-refractivity contribution in [2.45, 2.75) is 45.3 Å². The van der Waals surface area contributed by atoms with Crippen LogP contribution < -0.4 is 5.48 Å². The van der Waals surface area contributed by atoms with Crippen LogP contribution in [0.5, 0.6) is 0 Å². The SMILES string of the molecule is C=CCC(C)NOC(CCC)c1ccccc1. The minimum atomic E-state index is 0.133. The average Bonchev–Trinajstić information content (AvgIpc) is 2.36. The molecule has 17 heavy (non-hydrogen) atoms. The molecule has 0 amide bonds. The Morgan fingerprint density at radius 2 is 2.06 bits per heavy atom. The molecule has 2 heteroatoms. The number of rotatable bonds is 8. The zero-order chi connectivity index (χ0) is 12.5. The second kappa shape index (κ2) is 8.04. The van der Waals surface area contributed by atoms with Gasteiger partial charge in [0.25, 0.3) is 0 Å². The molecule has 1 aromatic carbocycles. The number of hydrogen-bond donors (Lipinski definition) is 1. The van der Waals surface area contributed by atoms with Gasteiger partial charge >= 0.3 is 0 Å². The number of nitrogens with one attached hydrogen (secondary N) is 1. The van der Waals surface area contributed by atoms with Crippen molar-refractivity contribution >= 4 is 0 Å². The first kappa shape index (κ1) is 13.9. The lowest BCUT2D eigenvalue weighted by molar-refractivity contribution is -0.0465. The van der Waals surface area contributed by atoms with Gasteiger partial charge in [0.2, 0.25) is 0 Å². The van der Waals surface area contributed by atoms with Crippen LogP contribution in [0, 0.1) is 0 Å². The van der Waals surface area contributed by atoms with Crippen LogP contribution in [0.15, 0.2) is 43.0 Å². The van der Waals surface area contributed by atoms with Crippen molar-refractivity contribution < 1.29 is 4.84 Å². The summed E-state index contributed by atoms with van der Waals surface area (Å²) in [5.74, 6) is 0. The second-order valence-electron chi connectivity index (χ2n) is 4.35. The summed E-state index contributed by atoms with van der Waals surface area (Å²) in [6, 6.07) is 10.7. The molecule has 0 heterocycles. The minimum Gasteiger partial charge on any atom is -0.293 e. The molecule has 0 aromatic heterocycles. The summed E-state index contributed by atoms with van der Waals surface area (Å²) < 4.78 is 0. The van der Waals surface area contributed by atoms with Crippen molar-refractivity contribution in [1.29, 1.82) is 0 Å². The fourth-order valence-corrected chi connectivity index (χ4v) is 1.72. The van der Waals surface area contributed by atoms with Gasteiger partial charge < -0.3 is 0 Å². The predicted octanol–water partition coefficient (Wildman–Crippen LogP) is 4.01.